The summed E-state index contributed by atoms with van der Waals surface area (Å²) in [5, 5.41) is 3.40. The minimum Gasteiger partial charge on any atom is -0.341 e. The number of nitrogens with zero attached hydrogens (tertiary/aromatic N) is 5. The molecule has 2 atom stereocenters. The molecule has 2 unspecified atom stereocenters. The predicted octanol–water partition coefficient (Wildman–Crippen LogP) is 0.372. The summed E-state index contributed by atoms with van der Waals surface area (Å²) in [6, 6.07) is 9.31. The molecular weight excluding hydrogens is 344 g/mol. The Morgan fingerprint density at radius 3 is 2.67 bits per heavy atom. The van der Waals surface area contributed by atoms with Gasteiger partial charge in [0, 0.05) is 40.3 Å². The quantitative estimate of drug-likeness (QED) is 0.815. The Labute approximate surface area is 159 Å². The number of carbonyl (C=O) groups excluding carboxylic acids is 2. The normalized spacial score (nSPS) is 26.2. The van der Waals surface area contributed by atoms with Crippen molar-refractivity contribution in [2.24, 2.45) is 4.99 Å². The average molecular weight is 370 g/mol. The minimum atomic E-state index is -0.482. The number of hydrogen-bond acceptors (Lipinski definition) is 6. The number of imide groups is 1. The van der Waals surface area contributed by atoms with E-state index in [0.717, 1.165) is 44.1 Å². The third-order valence-corrected chi connectivity index (χ3v) is 5.51. The van der Waals surface area contributed by atoms with E-state index in [0.29, 0.717) is 6.54 Å². The Kier molecular flexibility index (Phi) is 4.73. The molecule has 144 valence electrons. The maximum Gasteiger partial charge on any atom is 0.328 e. The molecule has 8 nitrogen and oxygen atoms in total. The number of rotatable bonds is 2. The highest BCUT2D eigenvalue weighted by atomic mass is 16.2. The molecule has 1 aromatic carbocycles. The number of urea groups is 1. The highest BCUT2D eigenvalue weighted by Crippen LogP contribution is 2.29. The highest BCUT2D eigenvalue weighted by Gasteiger charge is 2.51. The van der Waals surface area contributed by atoms with Gasteiger partial charge in [-0.25, -0.2) is 9.79 Å². The van der Waals surface area contributed by atoms with Gasteiger partial charge in [0.1, 0.15) is 0 Å². The first-order valence-electron chi connectivity index (χ1n) is 9.46. The van der Waals surface area contributed by atoms with Crippen LogP contribution in [0.15, 0.2) is 35.3 Å². The Bertz CT molecular complexity index is 744. The molecule has 2 fully saturated rings. The van der Waals surface area contributed by atoms with Gasteiger partial charge in [0.2, 0.25) is 0 Å². The van der Waals surface area contributed by atoms with E-state index in [4.69, 9.17) is 4.99 Å². The lowest BCUT2D eigenvalue weighted by Crippen LogP contribution is -2.64. The van der Waals surface area contributed by atoms with Crippen LogP contribution < -0.4 is 5.32 Å². The minimum absolute atomic E-state index is 0.189. The fourth-order valence-corrected chi connectivity index (χ4v) is 4.01. The van der Waals surface area contributed by atoms with E-state index in [-0.39, 0.29) is 11.9 Å². The molecule has 2 saturated heterocycles. The molecule has 0 saturated carbocycles. The molecule has 27 heavy (non-hydrogen) atoms. The summed E-state index contributed by atoms with van der Waals surface area (Å²) < 4.78 is 0. The second kappa shape index (κ2) is 7.19. The maximum absolute atomic E-state index is 13.0. The van der Waals surface area contributed by atoms with Crippen molar-refractivity contribution in [2.75, 3.05) is 40.3 Å². The van der Waals surface area contributed by atoms with E-state index < -0.39 is 12.2 Å². The zero-order valence-electron chi connectivity index (χ0n) is 15.8. The van der Waals surface area contributed by atoms with Gasteiger partial charge >= 0.3 is 6.03 Å². The lowest BCUT2D eigenvalue weighted by molar-refractivity contribution is -0.136. The van der Waals surface area contributed by atoms with Crippen LogP contribution in [0.4, 0.5) is 4.79 Å². The first kappa shape index (κ1) is 17.8. The predicted molar refractivity (Wildman–Crippen MR) is 102 cm³/mol. The van der Waals surface area contributed by atoms with Crippen molar-refractivity contribution >= 4 is 17.9 Å². The van der Waals surface area contributed by atoms with Crippen LogP contribution in [0, 0.1) is 0 Å². The number of aliphatic imine (C=N–C) groups is 1. The zero-order valence-corrected chi connectivity index (χ0v) is 15.8. The molecule has 3 aliphatic heterocycles. The first-order valence-corrected chi connectivity index (χ1v) is 9.46. The van der Waals surface area contributed by atoms with Crippen molar-refractivity contribution in [1.29, 1.82) is 0 Å². The van der Waals surface area contributed by atoms with E-state index in [2.05, 4.69) is 27.2 Å². The molecule has 0 spiro atoms. The first-order chi connectivity index (χ1) is 13.1. The number of likely N-dealkylation sites (N-methyl/N-ethyl adjacent to an activating group) is 2. The molecule has 0 aromatic heterocycles. The molecular formula is C19H26N6O2. The van der Waals surface area contributed by atoms with Crippen molar-refractivity contribution < 1.29 is 9.59 Å². The second-order valence-electron chi connectivity index (χ2n) is 7.28. The SMILES string of the molecule is CN1C(=O)C2C(N=C(N3CCCNCC3)N2Cc2ccccc2)N(C)C1=O. The molecule has 3 aliphatic rings. The van der Waals surface area contributed by atoms with Gasteiger partial charge in [0.05, 0.1) is 0 Å². The Hall–Kier alpha value is -2.61. The molecule has 8 heteroatoms. The summed E-state index contributed by atoms with van der Waals surface area (Å²) in [5.74, 6) is 0.631. The van der Waals surface area contributed by atoms with Crippen molar-refractivity contribution in [1.82, 2.24) is 24.9 Å². The number of nitrogens with one attached hydrogen (secondary N) is 1. The van der Waals surface area contributed by atoms with Gasteiger partial charge in [-0.3, -0.25) is 9.69 Å². The number of guanidine groups is 1. The number of fused-ring (bicyclic) bond motifs is 1. The van der Waals surface area contributed by atoms with Crippen molar-refractivity contribution in [3.63, 3.8) is 0 Å². The van der Waals surface area contributed by atoms with Crippen molar-refractivity contribution in [3.05, 3.63) is 35.9 Å². The topological polar surface area (TPSA) is 71.5 Å². The Morgan fingerprint density at radius 2 is 1.89 bits per heavy atom. The summed E-state index contributed by atoms with van der Waals surface area (Å²) in [4.78, 5) is 37.4. The van der Waals surface area contributed by atoms with E-state index in [1.165, 1.54) is 4.90 Å². The van der Waals surface area contributed by atoms with Crippen LogP contribution in [0.3, 0.4) is 0 Å². The van der Waals surface area contributed by atoms with Crippen LogP contribution in [0.1, 0.15) is 12.0 Å². The van der Waals surface area contributed by atoms with Crippen LogP contribution in [-0.2, 0) is 11.3 Å². The summed E-state index contributed by atoms with van der Waals surface area (Å²) in [6.07, 6.45) is 0.548. The second-order valence-corrected chi connectivity index (χ2v) is 7.28. The summed E-state index contributed by atoms with van der Waals surface area (Å²) in [7, 11) is 3.27. The van der Waals surface area contributed by atoms with E-state index >= 15 is 0 Å². The molecule has 0 radical (unpaired) electrons. The molecule has 1 aromatic rings. The molecule has 0 bridgehead atoms. The molecule has 1 N–H and O–H groups in total. The van der Waals surface area contributed by atoms with Gasteiger partial charge in [-0.05, 0) is 18.5 Å². The standard InChI is InChI=1S/C19H26N6O2/c1-22-16-15(17(26)23(2)19(22)27)25(13-14-7-4-3-5-8-14)18(21-16)24-11-6-9-20-10-12-24/h3-5,7-8,15-16,20H,6,9-13H2,1-2H3. The van der Waals surface area contributed by atoms with Crippen LogP contribution >= 0.6 is 0 Å². The average Bonchev–Trinajstić information content (AvgIpc) is 2.86. The van der Waals surface area contributed by atoms with E-state index in [1.807, 2.05) is 18.2 Å². The van der Waals surface area contributed by atoms with Gasteiger partial charge in [-0.15, -0.1) is 0 Å². The largest absolute Gasteiger partial charge is 0.341 e. The summed E-state index contributed by atoms with van der Waals surface area (Å²) in [6.45, 7) is 4.18. The van der Waals surface area contributed by atoms with Gasteiger partial charge in [-0.1, -0.05) is 30.3 Å². The lowest BCUT2D eigenvalue weighted by Gasteiger charge is -2.40. The fraction of sp³-hybridized carbons (Fsp3) is 0.526. The van der Waals surface area contributed by atoms with Gasteiger partial charge in [-0.2, -0.15) is 0 Å². The van der Waals surface area contributed by atoms with Crippen LogP contribution in [0.25, 0.3) is 0 Å². The monoisotopic (exact) mass is 370 g/mol. The van der Waals surface area contributed by atoms with E-state index in [1.54, 1.807) is 19.0 Å². The van der Waals surface area contributed by atoms with Crippen LogP contribution in [0.2, 0.25) is 0 Å². The third kappa shape index (κ3) is 3.14. The molecule has 0 aliphatic carbocycles. The summed E-state index contributed by atoms with van der Waals surface area (Å²) >= 11 is 0. The number of amides is 3. The van der Waals surface area contributed by atoms with Crippen molar-refractivity contribution in [2.45, 2.75) is 25.2 Å². The third-order valence-electron chi connectivity index (χ3n) is 5.51. The van der Waals surface area contributed by atoms with Crippen molar-refractivity contribution in [3.8, 4) is 0 Å². The molecule has 4 rings (SSSR count). The number of hydrogen-bond donors (Lipinski definition) is 1. The zero-order chi connectivity index (χ0) is 19.0. The van der Waals surface area contributed by atoms with E-state index in [9.17, 15) is 9.59 Å². The lowest BCUT2D eigenvalue weighted by atomic mass is 10.1. The van der Waals surface area contributed by atoms with Gasteiger partial charge in [0.15, 0.2) is 18.2 Å². The number of benzene rings is 1. The summed E-state index contributed by atoms with van der Waals surface area (Å²) in [5.41, 5.74) is 1.12. The van der Waals surface area contributed by atoms with Crippen LogP contribution in [0.5, 0.6) is 0 Å². The molecule has 3 amide bonds. The fourth-order valence-electron chi connectivity index (χ4n) is 4.01. The van der Waals surface area contributed by atoms with Crippen LogP contribution in [-0.4, -0.2) is 90.0 Å². The van der Waals surface area contributed by atoms with Gasteiger partial charge < -0.3 is 20.0 Å². The Balaban J connectivity index is 1.70. The molecule has 3 heterocycles. The Morgan fingerprint density at radius 1 is 1.11 bits per heavy atom. The van der Waals surface area contributed by atoms with Gasteiger partial charge in [0.25, 0.3) is 5.91 Å². The highest BCUT2D eigenvalue weighted by molar-refractivity contribution is 6.03. The maximum atomic E-state index is 13.0. The number of carbonyl (C=O) groups is 2. The smallest absolute Gasteiger partial charge is 0.328 e.